The number of carbonyl (C=O) groups excluding carboxylic acids is 2. The molecule has 88 valence electrons. The quantitative estimate of drug-likeness (QED) is 0.614. The minimum absolute atomic E-state index is 0.486. The van der Waals surface area contributed by atoms with Crippen molar-refractivity contribution in [3.63, 3.8) is 0 Å². The van der Waals surface area contributed by atoms with Crippen LogP contribution in [0.15, 0.2) is 0 Å². The summed E-state index contributed by atoms with van der Waals surface area (Å²) in [4.78, 5) is 21.6. The van der Waals surface area contributed by atoms with Crippen molar-refractivity contribution >= 4 is 24.4 Å². The van der Waals surface area contributed by atoms with Crippen molar-refractivity contribution in [1.29, 1.82) is 0 Å². The molecule has 1 atom stereocenters. The molecule has 4 nitrogen and oxygen atoms in total. The minimum atomic E-state index is -4.45. The number of hydrogen-bond acceptors (Lipinski definition) is 3. The van der Waals surface area contributed by atoms with Crippen molar-refractivity contribution in [2.45, 2.75) is 18.3 Å². The van der Waals surface area contributed by atoms with Gasteiger partial charge in [-0.3, -0.25) is 9.59 Å². The van der Waals surface area contributed by atoms with Gasteiger partial charge in [0.1, 0.15) is 6.54 Å². The molecule has 0 spiro atoms. The number of alkyl halides is 3. The molecule has 15 heavy (non-hydrogen) atoms. The number of rotatable bonds is 4. The number of thiol groups is 1. The Bertz CT molecular complexity index is 243. The van der Waals surface area contributed by atoms with Gasteiger partial charge < -0.3 is 10.6 Å². The predicted molar refractivity (Wildman–Crippen MR) is 50.5 cm³/mol. The van der Waals surface area contributed by atoms with E-state index in [9.17, 15) is 22.8 Å². The van der Waals surface area contributed by atoms with Crippen molar-refractivity contribution in [3.8, 4) is 0 Å². The van der Waals surface area contributed by atoms with Crippen LogP contribution in [0.5, 0.6) is 0 Å². The Labute approximate surface area is 90.0 Å². The summed E-state index contributed by atoms with van der Waals surface area (Å²) in [6, 6.07) is 0. The van der Waals surface area contributed by atoms with Gasteiger partial charge in [0, 0.05) is 0 Å². The molecular formula is C7H11F3N2O2S. The summed E-state index contributed by atoms with van der Waals surface area (Å²) in [5, 5.41) is 3.13. The largest absolute Gasteiger partial charge is 0.405 e. The molecule has 2 N–H and O–H groups in total. The monoisotopic (exact) mass is 244 g/mol. The third-order valence-corrected chi connectivity index (χ3v) is 1.52. The van der Waals surface area contributed by atoms with Crippen LogP contribution in [0.25, 0.3) is 0 Å². The highest BCUT2D eigenvalue weighted by Crippen LogP contribution is 2.11. The molecule has 1 unspecified atom stereocenters. The zero-order chi connectivity index (χ0) is 12.1. The maximum Gasteiger partial charge on any atom is 0.405 e. The maximum absolute atomic E-state index is 11.6. The molecule has 0 saturated heterocycles. The zero-order valence-corrected chi connectivity index (χ0v) is 8.78. The Kier molecular flexibility index (Phi) is 5.48. The molecule has 0 radical (unpaired) electrons. The van der Waals surface area contributed by atoms with Crippen LogP contribution in [0.2, 0.25) is 0 Å². The van der Waals surface area contributed by atoms with E-state index in [2.05, 4.69) is 17.9 Å². The van der Waals surface area contributed by atoms with Crippen LogP contribution >= 0.6 is 12.6 Å². The lowest BCUT2D eigenvalue weighted by Crippen LogP contribution is -2.42. The minimum Gasteiger partial charge on any atom is -0.346 e. The molecule has 8 heteroatoms. The van der Waals surface area contributed by atoms with E-state index in [1.807, 2.05) is 0 Å². The molecule has 0 aliphatic carbocycles. The van der Waals surface area contributed by atoms with Gasteiger partial charge >= 0.3 is 6.18 Å². The highest BCUT2D eigenvalue weighted by atomic mass is 32.1. The van der Waals surface area contributed by atoms with Crippen LogP contribution in [-0.2, 0) is 9.59 Å². The fourth-order valence-corrected chi connectivity index (χ4v) is 0.668. The van der Waals surface area contributed by atoms with E-state index in [1.165, 1.54) is 6.92 Å². The third kappa shape index (κ3) is 8.10. The Hall–Kier alpha value is -0.920. The molecular weight excluding hydrogens is 233 g/mol. The van der Waals surface area contributed by atoms with Gasteiger partial charge in [-0.15, -0.1) is 0 Å². The zero-order valence-electron chi connectivity index (χ0n) is 7.89. The van der Waals surface area contributed by atoms with Crippen molar-refractivity contribution < 1.29 is 22.8 Å². The van der Waals surface area contributed by atoms with E-state index < -0.39 is 36.3 Å². The second-order valence-corrected chi connectivity index (χ2v) is 3.56. The second kappa shape index (κ2) is 5.84. The van der Waals surface area contributed by atoms with Gasteiger partial charge in [0.15, 0.2) is 0 Å². The first-order chi connectivity index (χ1) is 6.72. The lowest BCUT2D eigenvalue weighted by Gasteiger charge is -2.09. The standard InChI is InChI=1S/C7H11F3N2O2S/c1-4(15)6(14)11-2-5(13)12-3-7(8,9)10/h4,15H,2-3H2,1H3,(H,11,14)(H,12,13). The van der Waals surface area contributed by atoms with E-state index in [0.29, 0.717) is 0 Å². The van der Waals surface area contributed by atoms with E-state index >= 15 is 0 Å². The van der Waals surface area contributed by atoms with Crippen LogP contribution in [0, 0.1) is 0 Å². The van der Waals surface area contributed by atoms with Crippen molar-refractivity contribution in [3.05, 3.63) is 0 Å². The molecule has 0 aromatic heterocycles. The van der Waals surface area contributed by atoms with E-state index in [0.717, 1.165) is 0 Å². The molecule has 0 bridgehead atoms. The molecule has 0 aliphatic rings. The summed E-state index contributed by atoms with van der Waals surface area (Å²) >= 11 is 3.77. The maximum atomic E-state index is 11.6. The van der Waals surface area contributed by atoms with Crippen LogP contribution in [-0.4, -0.2) is 36.3 Å². The Morgan fingerprint density at radius 3 is 2.27 bits per heavy atom. The molecule has 0 aromatic rings. The van der Waals surface area contributed by atoms with Crippen LogP contribution in [0.3, 0.4) is 0 Å². The smallest absolute Gasteiger partial charge is 0.346 e. The van der Waals surface area contributed by atoms with Gasteiger partial charge in [0.2, 0.25) is 11.8 Å². The summed E-state index contributed by atoms with van der Waals surface area (Å²) in [6.07, 6.45) is -4.45. The first kappa shape index (κ1) is 14.1. The Balaban J connectivity index is 3.72. The average molecular weight is 244 g/mol. The van der Waals surface area contributed by atoms with E-state index in [-0.39, 0.29) is 0 Å². The molecule has 0 saturated carbocycles. The highest BCUT2D eigenvalue weighted by Gasteiger charge is 2.27. The Morgan fingerprint density at radius 2 is 1.87 bits per heavy atom. The number of carbonyl (C=O) groups is 2. The summed E-state index contributed by atoms with van der Waals surface area (Å²) in [7, 11) is 0. The summed E-state index contributed by atoms with van der Waals surface area (Å²) in [5.74, 6) is -1.41. The van der Waals surface area contributed by atoms with Gasteiger partial charge in [0.25, 0.3) is 0 Å². The lowest BCUT2D eigenvalue weighted by molar-refractivity contribution is -0.138. The van der Waals surface area contributed by atoms with Crippen molar-refractivity contribution in [2.75, 3.05) is 13.1 Å². The highest BCUT2D eigenvalue weighted by molar-refractivity contribution is 7.81. The first-order valence-electron chi connectivity index (χ1n) is 4.01. The van der Waals surface area contributed by atoms with Gasteiger partial charge in [-0.1, -0.05) is 0 Å². The van der Waals surface area contributed by atoms with Crippen LogP contribution in [0.4, 0.5) is 13.2 Å². The van der Waals surface area contributed by atoms with Crippen LogP contribution < -0.4 is 10.6 Å². The third-order valence-electron chi connectivity index (χ3n) is 1.29. The first-order valence-corrected chi connectivity index (χ1v) is 4.53. The van der Waals surface area contributed by atoms with E-state index in [4.69, 9.17) is 0 Å². The van der Waals surface area contributed by atoms with Gasteiger partial charge in [-0.05, 0) is 6.92 Å². The SMILES string of the molecule is CC(S)C(=O)NCC(=O)NCC(F)(F)F. The predicted octanol–water partition coefficient (Wildman–Crippen LogP) is 0.0994. The van der Waals surface area contributed by atoms with Gasteiger partial charge in [0.05, 0.1) is 11.8 Å². The van der Waals surface area contributed by atoms with Gasteiger partial charge in [-0.25, -0.2) is 0 Å². The topological polar surface area (TPSA) is 58.2 Å². The number of halogens is 3. The second-order valence-electron chi connectivity index (χ2n) is 2.79. The number of amides is 2. The fraction of sp³-hybridized carbons (Fsp3) is 0.714. The number of nitrogens with one attached hydrogen (secondary N) is 2. The molecule has 0 rings (SSSR count). The molecule has 0 fully saturated rings. The van der Waals surface area contributed by atoms with E-state index in [1.54, 1.807) is 5.32 Å². The lowest BCUT2D eigenvalue weighted by atomic mass is 10.4. The van der Waals surface area contributed by atoms with Crippen molar-refractivity contribution in [1.82, 2.24) is 10.6 Å². The molecule has 0 aromatic carbocycles. The number of hydrogen-bond donors (Lipinski definition) is 3. The molecule has 0 aliphatic heterocycles. The summed E-state index contributed by atoms with van der Waals surface area (Å²) < 4.78 is 34.9. The molecule has 2 amide bonds. The summed E-state index contributed by atoms with van der Waals surface area (Å²) in [5.41, 5.74) is 0. The summed E-state index contributed by atoms with van der Waals surface area (Å²) in [6.45, 7) is -0.413. The average Bonchev–Trinajstić information content (AvgIpc) is 2.09. The van der Waals surface area contributed by atoms with Crippen LogP contribution in [0.1, 0.15) is 6.92 Å². The fourth-order valence-electron chi connectivity index (χ4n) is 0.576. The van der Waals surface area contributed by atoms with Crippen molar-refractivity contribution in [2.24, 2.45) is 0 Å². The molecule has 0 heterocycles. The Morgan fingerprint density at radius 1 is 1.33 bits per heavy atom. The normalized spacial score (nSPS) is 13.1. The van der Waals surface area contributed by atoms with Gasteiger partial charge in [-0.2, -0.15) is 25.8 Å².